The summed E-state index contributed by atoms with van der Waals surface area (Å²) in [5, 5.41) is 10.5. The van der Waals surface area contributed by atoms with Crippen LogP contribution >= 0.6 is 0 Å². The summed E-state index contributed by atoms with van der Waals surface area (Å²) in [7, 11) is 0. The highest BCUT2D eigenvalue weighted by Crippen LogP contribution is 2.46. The van der Waals surface area contributed by atoms with E-state index in [0.29, 0.717) is 6.42 Å². The third kappa shape index (κ3) is 2.01. The van der Waals surface area contributed by atoms with Gasteiger partial charge >= 0.3 is 0 Å². The van der Waals surface area contributed by atoms with Crippen LogP contribution in [-0.4, -0.2) is 28.7 Å². The molecule has 3 nitrogen and oxygen atoms in total. The van der Waals surface area contributed by atoms with Gasteiger partial charge in [0.05, 0.1) is 12.2 Å². The highest BCUT2D eigenvalue weighted by Gasteiger charge is 2.55. The first kappa shape index (κ1) is 12.6. The van der Waals surface area contributed by atoms with E-state index in [9.17, 15) is 5.11 Å². The normalized spacial score (nSPS) is 43.8. The Morgan fingerprint density at radius 2 is 2.12 bits per heavy atom. The van der Waals surface area contributed by atoms with Gasteiger partial charge in [-0.25, -0.2) is 0 Å². The fraction of sp³-hybridized carbons (Fsp3) is 0.714. The molecule has 0 aromatic heterocycles. The Labute approximate surface area is 103 Å². The summed E-state index contributed by atoms with van der Waals surface area (Å²) in [6.45, 7) is 9.59. The first-order valence-electron chi connectivity index (χ1n) is 6.00. The van der Waals surface area contributed by atoms with Crippen molar-refractivity contribution in [3.8, 4) is 12.3 Å². The number of ether oxygens (including phenoxy) is 2. The average molecular weight is 236 g/mol. The van der Waals surface area contributed by atoms with Crippen molar-refractivity contribution in [2.45, 2.75) is 57.2 Å². The largest absolute Gasteiger partial charge is 0.377 e. The fourth-order valence-corrected chi connectivity index (χ4v) is 3.01. The Hall–Kier alpha value is -0.820. The van der Waals surface area contributed by atoms with E-state index >= 15 is 0 Å². The van der Waals surface area contributed by atoms with Gasteiger partial charge < -0.3 is 14.6 Å². The molecular weight excluding hydrogens is 216 g/mol. The molecule has 0 spiro atoms. The van der Waals surface area contributed by atoms with E-state index in [2.05, 4.69) is 12.5 Å². The number of fused-ring (bicyclic) bond motifs is 1. The third-order valence-electron chi connectivity index (χ3n) is 3.66. The van der Waals surface area contributed by atoms with Gasteiger partial charge in [-0.15, -0.1) is 6.42 Å². The third-order valence-corrected chi connectivity index (χ3v) is 3.66. The maximum Gasteiger partial charge on any atom is 0.163 e. The summed E-state index contributed by atoms with van der Waals surface area (Å²) in [5.74, 6) is 1.65. The van der Waals surface area contributed by atoms with Crippen LogP contribution in [-0.2, 0) is 9.47 Å². The zero-order chi connectivity index (χ0) is 12.8. The summed E-state index contributed by atoms with van der Waals surface area (Å²) < 4.78 is 11.7. The first-order chi connectivity index (χ1) is 7.79. The molecule has 0 aromatic rings. The molecule has 1 saturated heterocycles. The molecule has 2 rings (SSSR count). The van der Waals surface area contributed by atoms with Gasteiger partial charge in [0.15, 0.2) is 5.79 Å². The molecule has 0 unspecified atom stereocenters. The second-order valence-electron chi connectivity index (χ2n) is 5.57. The second-order valence-corrected chi connectivity index (χ2v) is 5.57. The summed E-state index contributed by atoms with van der Waals surface area (Å²) in [6, 6.07) is 0. The number of hydrogen-bond acceptors (Lipinski definition) is 3. The smallest absolute Gasteiger partial charge is 0.163 e. The van der Waals surface area contributed by atoms with Crippen molar-refractivity contribution in [1.82, 2.24) is 0 Å². The van der Waals surface area contributed by atoms with Crippen LogP contribution in [0.3, 0.4) is 0 Å². The minimum Gasteiger partial charge on any atom is -0.377 e. The molecule has 0 amide bonds. The number of hydrogen-bond donors (Lipinski definition) is 1. The monoisotopic (exact) mass is 236 g/mol. The van der Waals surface area contributed by atoms with Crippen molar-refractivity contribution >= 4 is 0 Å². The van der Waals surface area contributed by atoms with Gasteiger partial charge in [-0.2, -0.15) is 0 Å². The molecule has 17 heavy (non-hydrogen) atoms. The molecular formula is C14H20O3. The second kappa shape index (κ2) is 3.84. The maximum atomic E-state index is 10.5. The Morgan fingerprint density at radius 3 is 2.65 bits per heavy atom. The van der Waals surface area contributed by atoms with Crippen molar-refractivity contribution in [2.75, 3.05) is 0 Å². The van der Waals surface area contributed by atoms with Gasteiger partial charge in [0.2, 0.25) is 0 Å². The quantitative estimate of drug-likeness (QED) is 0.558. The van der Waals surface area contributed by atoms with E-state index in [0.717, 1.165) is 12.0 Å². The molecule has 0 bridgehead atoms. The summed E-state index contributed by atoms with van der Waals surface area (Å²) in [6.07, 6.45) is 6.53. The minimum absolute atomic E-state index is 0.000301. The van der Waals surface area contributed by atoms with Crippen molar-refractivity contribution < 1.29 is 14.6 Å². The molecule has 1 aliphatic heterocycles. The van der Waals surface area contributed by atoms with Crippen molar-refractivity contribution in [3.05, 3.63) is 12.2 Å². The molecule has 94 valence electrons. The summed E-state index contributed by atoms with van der Waals surface area (Å²) >= 11 is 0. The van der Waals surface area contributed by atoms with E-state index < -0.39 is 11.4 Å². The maximum absolute atomic E-state index is 10.5. The lowest BCUT2D eigenvalue weighted by Gasteiger charge is -2.41. The van der Waals surface area contributed by atoms with Crippen LogP contribution in [0.1, 0.15) is 33.6 Å². The van der Waals surface area contributed by atoms with Gasteiger partial charge in [-0.3, -0.25) is 0 Å². The van der Waals surface area contributed by atoms with Crippen molar-refractivity contribution in [2.24, 2.45) is 5.92 Å². The summed E-state index contributed by atoms with van der Waals surface area (Å²) in [4.78, 5) is 0. The number of aliphatic hydroxyl groups is 1. The average Bonchev–Trinajstić information content (AvgIpc) is 2.51. The highest BCUT2D eigenvalue weighted by atomic mass is 16.8. The predicted octanol–water partition coefficient (Wildman–Crippen LogP) is 1.86. The van der Waals surface area contributed by atoms with Gasteiger partial charge in [-0.05, 0) is 33.6 Å². The van der Waals surface area contributed by atoms with Crippen LogP contribution in [0.25, 0.3) is 0 Å². The lowest BCUT2D eigenvalue weighted by atomic mass is 9.70. The van der Waals surface area contributed by atoms with Crippen LogP contribution in [0, 0.1) is 18.3 Å². The van der Waals surface area contributed by atoms with E-state index in [4.69, 9.17) is 15.9 Å². The molecule has 1 N–H and O–H groups in total. The zero-order valence-corrected chi connectivity index (χ0v) is 10.7. The molecule has 0 aromatic carbocycles. The van der Waals surface area contributed by atoms with Crippen LogP contribution < -0.4 is 0 Å². The van der Waals surface area contributed by atoms with Gasteiger partial charge in [-0.1, -0.05) is 18.1 Å². The minimum atomic E-state index is -1.16. The lowest BCUT2D eigenvalue weighted by Crippen LogP contribution is -2.52. The Bertz CT molecular complexity index is 379. The number of rotatable bonds is 1. The van der Waals surface area contributed by atoms with Crippen LogP contribution in [0.5, 0.6) is 0 Å². The first-order valence-corrected chi connectivity index (χ1v) is 6.00. The zero-order valence-electron chi connectivity index (χ0n) is 10.7. The van der Waals surface area contributed by atoms with Gasteiger partial charge in [0.25, 0.3) is 0 Å². The number of terminal acetylenes is 1. The van der Waals surface area contributed by atoms with Gasteiger partial charge in [0.1, 0.15) is 5.60 Å². The Balaban J connectivity index is 2.33. The molecule has 2 fully saturated rings. The lowest BCUT2D eigenvalue weighted by molar-refractivity contribution is -0.150. The Kier molecular flexibility index (Phi) is 2.86. The Morgan fingerprint density at radius 1 is 1.47 bits per heavy atom. The highest BCUT2D eigenvalue weighted by molar-refractivity contribution is 5.24. The standard InChI is InChI=1S/C14H20O3/c1-6-14(15)8-7-10-12(11(14)9(2)3)17-13(4,5)16-10/h1,10-12,15H,2,7-8H2,3-5H3/t10-,11+,12-,14+/m0/s1. The van der Waals surface area contributed by atoms with Crippen LogP contribution in [0.4, 0.5) is 0 Å². The SMILES string of the molecule is C#C[C@@]1(O)CC[C@@H]2OC(C)(C)O[C@@H]2[C@H]1C(=C)C. The molecule has 3 heteroatoms. The molecule has 2 aliphatic rings. The van der Waals surface area contributed by atoms with Crippen molar-refractivity contribution in [3.63, 3.8) is 0 Å². The van der Waals surface area contributed by atoms with E-state index in [1.165, 1.54) is 0 Å². The molecule has 1 saturated carbocycles. The molecule has 1 heterocycles. The van der Waals surface area contributed by atoms with Crippen LogP contribution in [0.2, 0.25) is 0 Å². The molecule has 4 atom stereocenters. The fourth-order valence-electron chi connectivity index (χ4n) is 3.01. The van der Waals surface area contributed by atoms with E-state index in [1.807, 2.05) is 20.8 Å². The van der Waals surface area contributed by atoms with E-state index in [1.54, 1.807) is 0 Å². The van der Waals surface area contributed by atoms with Crippen molar-refractivity contribution in [1.29, 1.82) is 0 Å². The van der Waals surface area contributed by atoms with Gasteiger partial charge in [0, 0.05) is 5.92 Å². The molecule has 1 aliphatic carbocycles. The molecule has 0 radical (unpaired) electrons. The topological polar surface area (TPSA) is 38.7 Å². The summed E-state index contributed by atoms with van der Waals surface area (Å²) in [5.41, 5.74) is -0.307. The van der Waals surface area contributed by atoms with Crippen LogP contribution in [0.15, 0.2) is 12.2 Å². The van der Waals surface area contributed by atoms with E-state index in [-0.39, 0.29) is 18.1 Å². The predicted molar refractivity (Wildman–Crippen MR) is 65.1 cm³/mol.